The summed E-state index contributed by atoms with van der Waals surface area (Å²) in [5.74, 6) is 5.72. The van der Waals surface area contributed by atoms with E-state index in [4.69, 9.17) is 10.6 Å². The largest absolute Gasteiger partial charge is 0.381 e. The Balaban J connectivity index is 2.37. The first-order valence-corrected chi connectivity index (χ1v) is 8.08. The monoisotopic (exact) mass is 301 g/mol. The quantitative estimate of drug-likeness (QED) is 0.363. The Labute approximate surface area is 120 Å². The molecule has 0 aliphatic heterocycles. The fourth-order valence-electron chi connectivity index (χ4n) is 1.51. The maximum Gasteiger partial charge on any atom is 0.240 e. The molecule has 0 spiro atoms. The van der Waals surface area contributed by atoms with Crippen LogP contribution in [0.2, 0.25) is 0 Å². The molecule has 6 nitrogen and oxygen atoms in total. The Bertz CT molecular complexity index is 486. The highest BCUT2D eigenvalue weighted by Crippen LogP contribution is 2.12. The second kappa shape index (κ2) is 8.21. The van der Waals surface area contributed by atoms with Crippen LogP contribution in [0.15, 0.2) is 29.2 Å². The molecule has 0 amide bonds. The molecule has 0 aromatic heterocycles. The maximum atomic E-state index is 12.0. The van der Waals surface area contributed by atoms with Gasteiger partial charge in [0.25, 0.3) is 0 Å². The number of hydrogen-bond donors (Lipinski definition) is 3. The van der Waals surface area contributed by atoms with Crippen molar-refractivity contribution in [2.75, 3.05) is 25.2 Å². The number of hydrazine groups is 1. The van der Waals surface area contributed by atoms with Crippen LogP contribution in [-0.4, -0.2) is 28.2 Å². The summed E-state index contributed by atoms with van der Waals surface area (Å²) in [5.41, 5.74) is 3.11. The van der Waals surface area contributed by atoms with Gasteiger partial charge in [0.15, 0.2) is 0 Å². The SMILES string of the molecule is CC(C)COCCCNS(=O)(=O)c1ccc(NN)cc1. The lowest BCUT2D eigenvalue weighted by molar-refractivity contribution is 0.108. The Morgan fingerprint density at radius 1 is 1.25 bits per heavy atom. The van der Waals surface area contributed by atoms with Gasteiger partial charge in [-0.25, -0.2) is 13.1 Å². The summed E-state index contributed by atoms with van der Waals surface area (Å²) in [5, 5.41) is 0. The molecule has 20 heavy (non-hydrogen) atoms. The molecule has 0 heterocycles. The van der Waals surface area contributed by atoms with Crippen LogP contribution < -0.4 is 16.0 Å². The average Bonchev–Trinajstić information content (AvgIpc) is 2.42. The lowest BCUT2D eigenvalue weighted by Crippen LogP contribution is -2.25. The van der Waals surface area contributed by atoms with Gasteiger partial charge >= 0.3 is 0 Å². The van der Waals surface area contributed by atoms with Crippen molar-refractivity contribution in [1.29, 1.82) is 0 Å². The second-order valence-electron chi connectivity index (χ2n) is 4.89. The van der Waals surface area contributed by atoms with E-state index >= 15 is 0 Å². The maximum absolute atomic E-state index is 12.0. The summed E-state index contributed by atoms with van der Waals surface area (Å²) in [6.45, 7) is 5.75. The Morgan fingerprint density at radius 2 is 1.90 bits per heavy atom. The summed E-state index contributed by atoms with van der Waals surface area (Å²) in [6, 6.07) is 6.24. The summed E-state index contributed by atoms with van der Waals surface area (Å²) < 4.78 is 31.9. The van der Waals surface area contributed by atoms with Gasteiger partial charge in [0.2, 0.25) is 10.0 Å². The predicted molar refractivity (Wildman–Crippen MR) is 79.7 cm³/mol. The van der Waals surface area contributed by atoms with E-state index in [2.05, 4.69) is 24.0 Å². The first-order chi connectivity index (χ1) is 9.45. The van der Waals surface area contributed by atoms with E-state index in [1.54, 1.807) is 12.1 Å². The van der Waals surface area contributed by atoms with Crippen molar-refractivity contribution < 1.29 is 13.2 Å². The third kappa shape index (κ3) is 5.87. The molecule has 7 heteroatoms. The predicted octanol–water partition coefficient (Wildman–Crippen LogP) is 1.31. The van der Waals surface area contributed by atoms with Gasteiger partial charge in [-0.15, -0.1) is 0 Å². The zero-order chi connectivity index (χ0) is 15.0. The molecule has 0 saturated heterocycles. The van der Waals surface area contributed by atoms with E-state index < -0.39 is 10.0 Å². The van der Waals surface area contributed by atoms with Gasteiger partial charge in [-0.1, -0.05) is 13.8 Å². The normalized spacial score (nSPS) is 11.8. The van der Waals surface area contributed by atoms with Gasteiger partial charge in [0.05, 0.1) is 4.90 Å². The zero-order valence-corrected chi connectivity index (χ0v) is 12.7. The summed E-state index contributed by atoms with van der Waals surface area (Å²) in [4.78, 5) is 0.222. The average molecular weight is 301 g/mol. The minimum Gasteiger partial charge on any atom is -0.381 e. The Kier molecular flexibility index (Phi) is 6.94. The van der Waals surface area contributed by atoms with Crippen molar-refractivity contribution in [1.82, 2.24) is 4.72 Å². The Morgan fingerprint density at radius 3 is 2.45 bits per heavy atom. The molecular weight excluding hydrogens is 278 g/mol. The Hall–Kier alpha value is -1.15. The first kappa shape index (κ1) is 16.9. The zero-order valence-electron chi connectivity index (χ0n) is 11.9. The van der Waals surface area contributed by atoms with Crippen molar-refractivity contribution in [3.63, 3.8) is 0 Å². The summed E-state index contributed by atoms with van der Waals surface area (Å²) in [7, 11) is -3.46. The lowest BCUT2D eigenvalue weighted by atomic mass is 10.2. The molecule has 0 atom stereocenters. The van der Waals surface area contributed by atoms with Crippen LogP contribution >= 0.6 is 0 Å². The topological polar surface area (TPSA) is 93.4 Å². The first-order valence-electron chi connectivity index (χ1n) is 6.60. The van der Waals surface area contributed by atoms with Crippen molar-refractivity contribution in [2.45, 2.75) is 25.2 Å². The second-order valence-corrected chi connectivity index (χ2v) is 6.66. The smallest absolute Gasteiger partial charge is 0.240 e. The van der Waals surface area contributed by atoms with Crippen molar-refractivity contribution in [3.05, 3.63) is 24.3 Å². The van der Waals surface area contributed by atoms with E-state index in [0.717, 1.165) is 0 Å². The van der Waals surface area contributed by atoms with Crippen LogP contribution in [0.25, 0.3) is 0 Å². The molecule has 1 rings (SSSR count). The van der Waals surface area contributed by atoms with E-state index in [-0.39, 0.29) is 4.90 Å². The standard InChI is InChI=1S/C13H23N3O3S/c1-11(2)10-19-9-3-8-15-20(17,18)13-6-4-12(16-14)5-7-13/h4-7,11,15-16H,3,8-10,14H2,1-2H3. The number of benzene rings is 1. The fraction of sp³-hybridized carbons (Fsp3) is 0.538. The highest BCUT2D eigenvalue weighted by atomic mass is 32.2. The molecule has 0 aliphatic rings. The molecule has 4 N–H and O–H groups in total. The van der Waals surface area contributed by atoms with Gasteiger partial charge in [0, 0.05) is 25.4 Å². The van der Waals surface area contributed by atoms with Crippen molar-refractivity contribution >= 4 is 15.7 Å². The molecule has 0 bridgehead atoms. The summed E-state index contributed by atoms with van der Waals surface area (Å²) in [6.07, 6.45) is 0.647. The van der Waals surface area contributed by atoms with Gasteiger partial charge in [-0.2, -0.15) is 0 Å². The molecule has 0 radical (unpaired) electrons. The van der Waals surface area contributed by atoms with E-state index in [0.29, 0.717) is 37.8 Å². The van der Waals surface area contributed by atoms with Gasteiger partial charge in [0.1, 0.15) is 0 Å². The molecule has 0 fully saturated rings. The highest BCUT2D eigenvalue weighted by Gasteiger charge is 2.12. The number of rotatable bonds is 9. The number of nitrogens with one attached hydrogen (secondary N) is 2. The van der Waals surface area contributed by atoms with Crippen LogP contribution in [0.1, 0.15) is 20.3 Å². The van der Waals surface area contributed by atoms with Crippen molar-refractivity contribution in [3.8, 4) is 0 Å². The number of ether oxygens (including phenoxy) is 1. The molecule has 1 aromatic rings. The van der Waals surface area contributed by atoms with Crippen LogP contribution in [0.3, 0.4) is 0 Å². The third-order valence-electron chi connectivity index (χ3n) is 2.54. The number of nitrogen functional groups attached to an aromatic ring is 1. The molecule has 1 aromatic carbocycles. The molecule has 114 valence electrons. The van der Waals surface area contributed by atoms with Crippen LogP contribution in [0.5, 0.6) is 0 Å². The van der Waals surface area contributed by atoms with E-state index in [9.17, 15) is 8.42 Å². The molecule has 0 saturated carbocycles. The van der Waals surface area contributed by atoms with Crippen LogP contribution in [0, 0.1) is 5.92 Å². The van der Waals surface area contributed by atoms with Gasteiger partial charge in [-0.05, 0) is 36.6 Å². The van der Waals surface area contributed by atoms with E-state index in [1.165, 1.54) is 12.1 Å². The minimum atomic E-state index is -3.46. The number of sulfonamides is 1. The number of nitrogens with two attached hydrogens (primary N) is 1. The molecule has 0 unspecified atom stereocenters. The van der Waals surface area contributed by atoms with Crippen LogP contribution in [0.4, 0.5) is 5.69 Å². The summed E-state index contributed by atoms with van der Waals surface area (Å²) >= 11 is 0. The third-order valence-corrected chi connectivity index (χ3v) is 4.02. The fourth-order valence-corrected chi connectivity index (χ4v) is 2.59. The van der Waals surface area contributed by atoms with Gasteiger partial charge < -0.3 is 10.2 Å². The number of anilines is 1. The van der Waals surface area contributed by atoms with Gasteiger partial charge in [-0.3, -0.25) is 5.84 Å². The lowest BCUT2D eigenvalue weighted by Gasteiger charge is -2.09. The minimum absolute atomic E-state index is 0.222. The van der Waals surface area contributed by atoms with Crippen molar-refractivity contribution in [2.24, 2.45) is 11.8 Å². The van der Waals surface area contributed by atoms with E-state index in [1.807, 2.05) is 0 Å². The van der Waals surface area contributed by atoms with Crippen LogP contribution in [-0.2, 0) is 14.8 Å². The number of hydrogen-bond acceptors (Lipinski definition) is 5. The molecule has 0 aliphatic carbocycles. The molecular formula is C13H23N3O3S. The highest BCUT2D eigenvalue weighted by molar-refractivity contribution is 7.89.